The number of methoxy groups -OCH3 is 1. The van der Waals surface area contributed by atoms with Gasteiger partial charge in [-0.25, -0.2) is 9.97 Å². The number of rotatable bonds is 3. The van der Waals surface area contributed by atoms with Crippen LogP contribution in [-0.4, -0.2) is 54.7 Å². The van der Waals surface area contributed by atoms with E-state index in [0.717, 1.165) is 38.5 Å². The van der Waals surface area contributed by atoms with E-state index in [1.165, 1.54) is 0 Å². The summed E-state index contributed by atoms with van der Waals surface area (Å²) in [5.74, 6) is 7.58. The molecule has 1 saturated heterocycles. The highest BCUT2D eigenvalue weighted by Crippen LogP contribution is 2.16. The van der Waals surface area contributed by atoms with E-state index in [0.29, 0.717) is 5.88 Å². The standard InChI is InChI=1S/C13H18N4O/c1-3-4-5-16-6-8-17(9-7-16)12-10-13(18-2)15-11-14-12/h10-11H,5-9H2,1-2H3. The maximum absolute atomic E-state index is 5.11. The Balaban J connectivity index is 1.93. The maximum atomic E-state index is 5.11. The van der Waals surface area contributed by atoms with Crippen LogP contribution in [-0.2, 0) is 0 Å². The molecule has 0 radical (unpaired) electrons. The van der Waals surface area contributed by atoms with E-state index >= 15 is 0 Å². The van der Waals surface area contributed by atoms with Gasteiger partial charge in [0.05, 0.1) is 13.7 Å². The van der Waals surface area contributed by atoms with Gasteiger partial charge in [0.15, 0.2) is 0 Å². The van der Waals surface area contributed by atoms with Crippen molar-refractivity contribution in [1.29, 1.82) is 0 Å². The molecule has 0 aromatic carbocycles. The molecule has 0 bridgehead atoms. The summed E-state index contributed by atoms with van der Waals surface area (Å²) in [5.41, 5.74) is 0. The number of hydrogen-bond acceptors (Lipinski definition) is 5. The van der Waals surface area contributed by atoms with Crippen LogP contribution in [0.4, 0.5) is 5.82 Å². The third-order valence-electron chi connectivity index (χ3n) is 3.01. The van der Waals surface area contributed by atoms with E-state index < -0.39 is 0 Å². The van der Waals surface area contributed by atoms with Crippen LogP contribution in [0.15, 0.2) is 12.4 Å². The molecule has 1 aliphatic heterocycles. The number of anilines is 1. The number of ether oxygens (including phenoxy) is 1. The molecule has 0 N–H and O–H groups in total. The molecule has 5 heteroatoms. The van der Waals surface area contributed by atoms with Crippen LogP contribution in [0.3, 0.4) is 0 Å². The average molecular weight is 246 g/mol. The fourth-order valence-corrected chi connectivity index (χ4v) is 1.94. The molecule has 1 aromatic rings. The lowest BCUT2D eigenvalue weighted by molar-refractivity contribution is 0.287. The zero-order valence-corrected chi connectivity index (χ0v) is 10.9. The van der Waals surface area contributed by atoms with Crippen LogP contribution in [0.25, 0.3) is 0 Å². The van der Waals surface area contributed by atoms with Crippen molar-refractivity contribution in [3.8, 4) is 17.7 Å². The van der Waals surface area contributed by atoms with Crippen LogP contribution in [0.2, 0.25) is 0 Å². The minimum atomic E-state index is 0.610. The third-order valence-corrected chi connectivity index (χ3v) is 3.01. The second-order valence-corrected chi connectivity index (χ2v) is 4.11. The van der Waals surface area contributed by atoms with Crippen molar-refractivity contribution in [2.24, 2.45) is 0 Å². The monoisotopic (exact) mass is 246 g/mol. The Hall–Kier alpha value is -1.80. The van der Waals surface area contributed by atoms with Gasteiger partial charge in [-0.2, -0.15) is 0 Å². The second-order valence-electron chi connectivity index (χ2n) is 4.11. The van der Waals surface area contributed by atoms with Gasteiger partial charge in [0, 0.05) is 32.2 Å². The average Bonchev–Trinajstić information content (AvgIpc) is 2.46. The molecule has 96 valence electrons. The SMILES string of the molecule is CC#CCN1CCN(c2cc(OC)ncn2)CC1. The molecule has 0 spiro atoms. The first kappa shape index (κ1) is 12.7. The van der Waals surface area contributed by atoms with Gasteiger partial charge in [-0.15, -0.1) is 5.92 Å². The predicted molar refractivity (Wildman–Crippen MR) is 70.7 cm³/mol. The van der Waals surface area contributed by atoms with E-state index in [4.69, 9.17) is 4.74 Å². The first-order valence-corrected chi connectivity index (χ1v) is 6.06. The smallest absolute Gasteiger partial charge is 0.218 e. The van der Waals surface area contributed by atoms with Crippen LogP contribution >= 0.6 is 0 Å². The van der Waals surface area contributed by atoms with Crippen molar-refractivity contribution >= 4 is 5.82 Å². The number of nitrogens with zero attached hydrogens (tertiary/aromatic N) is 4. The summed E-state index contributed by atoms with van der Waals surface area (Å²) in [5, 5.41) is 0. The molecule has 1 aliphatic rings. The topological polar surface area (TPSA) is 41.5 Å². The normalized spacial score (nSPS) is 16.0. The van der Waals surface area contributed by atoms with Gasteiger partial charge in [0.1, 0.15) is 12.1 Å². The Morgan fingerprint density at radius 3 is 2.72 bits per heavy atom. The van der Waals surface area contributed by atoms with Crippen molar-refractivity contribution in [1.82, 2.24) is 14.9 Å². The molecule has 0 atom stereocenters. The molecule has 5 nitrogen and oxygen atoms in total. The van der Waals surface area contributed by atoms with Crippen LogP contribution < -0.4 is 9.64 Å². The number of piperazine rings is 1. The van der Waals surface area contributed by atoms with Crippen molar-refractivity contribution < 1.29 is 4.74 Å². The minimum Gasteiger partial charge on any atom is -0.481 e. The quantitative estimate of drug-likeness (QED) is 0.732. The lowest BCUT2D eigenvalue weighted by Gasteiger charge is -2.34. The molecule has 0 unspecified atom stereocenters. The van der Waals surface area contributed by atoms with Crippen molar-refractivity contribution in [3.05, 3.63) is 12.4 Å². The summed E-state index contributed by atoms with van der Waals surface area (Å²) in [6.07, 6.45) is 1.54. The summed E-state index contributed by atoms with van der Waals surface area (Å²) in [6, 6.07) is 1.88. The maximum Gasteiger partial charge on any atom is 0.218 e. The van der Waals surface area contributed by atoms with Gasteiger partial charge in [-0.05, 0) is 6.92 Å². The Bertz CT molecular complexity index is 444. The van der Waals surface area contributed by atoms with Gasteiger partial charge in [-0.3, -0.25) is 4.90 Å². The Morgan fingerprint density at radius 2 is 2.06 bits per heavy atom. The Morgan fingerprint density at radius 1 is 1.28 bits per heavy atom. The highest BCUT2D eigenvalue weighted by atomic mass is 16.5. The minimum absolute atomic E-state index is 0.610. The van der Waals surface area contributed by atoms with E-state index in [9.17, 15) is 0 Å². The molecule has 2 heterocycles. The van der Waals surface area contributed by atoms with Gasteiger partial charge < -0.3 is 9.64 Å². The highest BCUT2D eigenvalue weighted by molar-refractivity contribution is 5.41. The van der Waals surface area contributed by atoms with Gasteiger partial charge in [0.25, 0.3) is 0 Å². The van der Waals surface area contributed by atoms with Crippen LogP contribution in [0.1, 0.15) is 6.92 Å². The Labute approximate surface area is 108 Å². The van der Waals surface area contributed by atoms with Crippen LogP contribution in [0, 0.1) is 11.8 Å². The molecule has 2 rings (SSSR count). The predicted octanol–water partition coefficient (Wildman–Crippen LogP) is 0.630. The van der Waals surface area contributed by atoms with Gasteiger partial charge >= 0.3 is 0 Å². The molecule has 0 saturated carbocycles. The molecule has 0 aliphatic carbocycles. The van der Waals surface area contributed by atoms with E-state index in [1.807, 2.05) is 13.0 Å². The van der Waals surface area contributed by atoms with Crippen molar-refractivity contribution in [2.45, 2.75) is 6.92 Å². The number of hydrogen-bond donors (Lipinski definition) is 0. The summed E-state index contributed by atoms with van der Waals surface area (Å²) < 4.78 is 5.11. The van der Waals surface area contributed by atoms with Crippen LogP contribution in [0.5, 0.6) is 5.88 Å². The molecule has 1 fully saturated rings. The summed E-state index contributed by atoms with van der Waals surface area (Å²) in [7, 11) is 1.62. The largest absolute Gasteiger partial charge is 0.481 e. The zero-order valence-electron chi connectivity index (χ0n) is 10.9. The summed E-state index contributed by atoms with van der Waals surface area (Å²) in [4.78, 5) is 12.9. The lowest BCUT2D eigenvalue weighted by Crippen LogP contribution is -2.46. The summed E-state index contributed by atoms with van der Waals surface area (Å²) in [6.45, 7) is 6.69. The molecule has 18 heavy (non-hydrogen) atoms. The fourth-order valence-electron chi connectivity index (χ4n) is 1.94. The van der Waals surface area contributed by atoms with E-state index in [1.54, 1.807) is 13.4 Å². The Kier molecular flexibility index (Phi) is 4.37. The molecular formula is C13H18N4O. The number of aromatic nitrogens is 2. The third kappa shape index (κ3) is 3.11. The van der Waals surface area contributed by atoms with E-state index in [2.05, 4.69) is 31.6 Å². The van der Waals surface area contributed by atoms with E-state index in [-0.39, 0.29) is 0 Å². The molecule has 0 amide bonds. The fraction of sp³-hybridized carbons (Fsp3) is 0.538. The second kappa shape index (κ2) is 6.22. The molecular weight excluding hydrogens is 228 g/mol. The van der Waals surface area contributed by atoms with Gasteiger partial charge in [-0.1, -0.05) is 5.92 Å². The van der Waals surface area contributed by atoms with Crippen molar-refractivity contribution in [3.63, 3.8) is 0 Å². The highest BCUT2D eigenvalue weighted by Gasteiger charge is 2.17. The molecule has 1 aromatic heterocycles. The zero-order chi connectivity index (χ0) is 12.8. The van der Waals surface area contributed by atoms with Gasteiger partial charge in [0.2, 0.25) is 5.88 Å². The first-order valence-electron chi connectivity index (χ1n) is 6.06. The summed E-state index contributed by atoms with van der Waals surface area (Å²) >= 11 is 0. The lowest BCUT2D eigenvalue weighted by atomic mass is 10.3. The van der Waals surface area contributed by atoms with Crippen molar-refractivity contribution in [2.75, 3.05) is 44.7 Å². The first-order chi connectivity index (χ1) is 8.83.